The van der Waals surface area contributed by atoms with Crippen molar-refractivity contribution in [2.75, 3.05) is 11.1 Å². The van der Waals surface area contributed by atoms with Crippen LogP contribution < -0.4 is 11.1 Å². The van der Waals surface area contributed by atoms with Gasteiger partial charge in [0.1, 0.15) is 11.6 Å². The molecular formula is C10H9BrF2N4. The number of hydrogen-bond donors (Lipinski definition) is 2. The minimum absolute atomic E-state index is 0.101. The lowest BCUT2D eigenvalue weighted by Gasteiger charge is -2.06. The summed E-state index contributed by atoms with van der Waals surface area (Å²) in [5.74, 6) is -1.05. The van der Waals surface area contributed by atoms with E-state index in [0.29, 0.717) is 11.5 Å². The Bertz CT molecular complexity index is 568. The van der Waals surface area contributed by atoms with Crippen LogP contribution in [0.1, 0.15) is 0 Å². The number of nitrogens with one attached hydrogen (secondary N) is 1. The highest BCUT2D eigenvalue weighted by Gasteiger charge is 2.11. The van der Waals surface area contributed by atoms with Crippen LogP contribution in [0.2, 0.25) is 0 Å². The molecule has 0 saturated heterocycles. The van der Waals surface area contributed by atoms with E-state index in [1.54, 1.807) is 13.2 Å². The molecule has 2 aromatic rings. The van der Waals surface area contributed by atoms with Crippen LogP contribution in [0, 0.1) is 11.6 Å². The summed E-state index contributed by atoms with van der Waals surface area (Å²) in [6.45, 7) is 0. The number of aryl methyl sites for hydroxylation is 1. The minimum Gasteiger partial charge on any atom is -0.394 e. The van der Waals surface area contributed by atoms with Gasteiger partial charge >= 0.3 is 0 Å². The Kier molecular flexibility index (Phi) is 3.01. The van der Waals surface area contributed by atoms with Gasteiger partial charge in [0, 0.05) is 19.3 Å². The molecule has 2 rings (SSSR count). The van der Waals surface area contributed by atoms with Crippen LogP contribution in [-0.4, -0.2) is 9.78 Å². The maximum atomic E-state index is 13.5. The van der Waals surface area contributed by atoms with E-state index in [9.17, 15) is 8.78 Å². The number of nitrogens with two attached hydrogens (primary N) is 1. The minimum atomic E-state index is -0.712. The zero-order chi connectivity index (χ0) is 12.6. The first-order valence-corrected chi connectivity index (χ1v) is 5.47. The molecule has 0 amide bonds. The third-order valence-corrected chi connectivity index (χ3v) is 2.73. The van der Waals surface area contributed by atoms with Crippen molar-refractivity contribution >= 4 is 33.1 Å². The zero-order valence-electron chi connectivity index (χ0n) is 8.84. The molecule has 3 N–H and O–H groups in total. The van der Waals surface area contributed by atoms with Crippen LogP contribution in [0.4, 0.5) is 26.0 Å². The smallest absolute Gasteiger partial charge is 0.175 e. The summed E-state index contributed by atoms with van der Waals surface area (Å²) in [5, 5.41) is 6.70. The number of nitrogens with zero attached hydrogens (tertiary/aromatic N) is 2. The van der Waals surface area contributed by atoms with E-state index in [1.807, 2.05) is 0 Å². The summed E-state index contributed by atoms with van der Waals surface area (Å²) in [6.07, 6.45) is 1.58. The van der Waals surface area contributed by atoms with Gasteiger partial charge in [-0.25, -0.2) is 8.78 Å². The van der Waals surface area contributed by atoms with Crippen molar-refractivity contribution < 1.29 is 8.78 Å². The van der Waals surface area contributed by atoms with Crippen molar-refractivity contribution in [3.63, 3.8) is 0 Å². The lowest BCUT2D eigenvalue weighted by atomic mass is 10.3. The topological polar surface area (TPSA) is 55.9 Å². The van der Waals surface area contributed by atoms with Gasteiger partial charge < -0.3 is 11.1 Å². The molecule has 0 aliphatic rings. The fourth-order valence-corrected chi connectivity index (χ4v) is 1.69. The van der Waals surface area contributed by atoms with E-state index in [1.165, 1.54) is 10.7 Å². The number of benzene rings is 1. The summed E-state index contributed by atoms with van der Waals surface area (Å²) >= 11 is 2.98. The maximum absolute atomic E-state index is 13.5. The van der Waals surface area contributed by atoms with Crippen molar-refractivity contribution in [2.45, 2.75) is 0 Å². The summed E-state index contributed by atoms with van der Waals surface area (Å²) in [4.78, 5) is 0. The van der Waals surface area contributed by atoms with E-state index in [-0.39, 0.29) is 10.2 Å². The number of hydrogen-bond acceptors (Lipinski definition) is 3. The summed E-state index contributed by atoms with van der Waals surface area (Å²) in [5.41, 5.74) is 6.14. The fourth-order valence-electron chi connectivity index (χ4n) is 1.35. The van der Waals surface area contributed by atoms with Gasteiger partial charge in [0.15, 0.2) is 5.82 Å². The fraction of sp³-hybridized carbons (Fsp3) is 0.100. The summed E-state index contributed by atoms with van der Waals surface area (Å²) in [7, 11) is 1.69. The third kappa shape index (κ3) is 2.38. The Labute approximate surface area is 105 Å². The van der Waals surface area contributed by atoms with E-state index in [2.05, 4.69) is 26.3 Å². The lowest BCUT2D eigenvalue weighted by molar-refractivity contribution is 0.581. The Morgan fingerprint density at radius 2 is 2.06 bits per heavy atom. The van der Waals surface area contributed by atoms with E-state index in [0.717, 1.165) is 6.07 Å². The highest BCUT2D eigenvalue weighted by Crippen LogP contribution is 2.27. The molecule has 0 bridgehead atoms. The molecule has 0 aliphatic heterocycles. The second-order valence-electron chi connectivity index (χ2n) is 3.48. The highest BCUT2D eigenvalue weighted by molar-refractivity contribution is 9.10. The van der Waals surface area contributed by atoms with Gasteiger partial charge in [-0.15, -0.1) is 0 Å². The van der Waals surface area contributed by atoms with E-state index >= 15 is 0 Å². The molecule has 0 fully saturated rings. The predicted octanol–water partition coefficient (Wildman–Crippen LogP) is 2.79. The van der Waals surface area contributed by atoms with Crippen molar-refractivity contribution in [1.82, 2.24) is 9.78 Å². The number of aromatic nitrogens is 2. The molecule has 17 heavy (non-hydrogen) atoms. The van der Waals surface area contributed by atoms with Gasteiger partial charge in [0.05, 0.1) is 15.8 Å². The molecule has 0 atom stereocenters. The van der Waals surface area contributed by atoms with Gasteiger partial charge in [-0.2, -0.15) is 5.10 Å². The van der Waals surface area contributed by atoms with Crippen molar-refractivity contribution in [3.8, 4) is 0 Å². The van der Waals surface area contributed by atoms with Crippen LogP contribution in [0.3, 0.4) is 0 Å². The van der Waals surface area contributed by atoms with Crippen LogP contribution in [0.5, 0.6) is 0 Å². The molecule has 1 heterocycles. The lowest BCUT2D eigenvalue weighted by Crippen LogP contribution is -1.99. The number of anilines is 3. The molecule has 90 valence electrons. The molecule has 1 aromatic carbocycles. The average Bonchev–Trinajstić information content (AvgIpc) is 2.54. The maximum Gasteiger partial charge on any atom is 0.175 e. The van der Waals surface area contributed by atoms with Crippen LogP contribution in [0.25, 0.3) is 0 Å². The standard InChI is InChI=1S/C10H9BrF2N4/c1-17-4-8(14)10(16-17)15-9-2-5(11)6(12)3-7(9)13/h2-4H,14H2,1H3,(H,15,16). The molecule has 0 unspecified atom stereocenters. The SMILES string of the molecule is Cn1cc(N)c(Nc2cc(Br)c(F)cc2F)n1. The number of rotatable bonds is 2. The molecule has 4 nitrogen and oxygen atoms in total. The van der Waals surface area contributed by atoms with Crippen molar-refractivity contribution in [3.05, 3.63) is 34.4 Å². The predicted molar refractivity (Wildman–Crippen MR) is 65.0 cm³/mol. The largest absolute Gasteiger partial charge is 0.394 e. The molecule has 7 heteroatoms. The Hall–Kier alpha value is -1.63. The van der Waals surface area contributed by atoms with E-state index < -0.39 is 11.6 Å². The Morgan fingerprint density at radius 1 is 1.35 bits per heavy atom. The number of halogens is 3. The molecule has 0 aliphatic carbocycles. The highest BCUT2D eigenvalue weighted by atomic mass is 79.9. The summed E-state index contributed by atoms with van der Waals surface area (Å²) < 4.78 is 28.1. The molecule has 0 radical (unpaired) electrons. The second-order valence-corrected chi connectivity index (χ2v) is 4.33. The molecular weight excluding hydrogens is 294 g/mol. The first-order valence-electron chi connectivity index (χ1n) is 4.68. The Balaban J connectivity index is 2.36. The van der Waals surface area contributed by atoms with Crippen molar-refractivity contribution in [1.29, 1.82) is 0 Å². The molecule has 0 spiro atoms. The van der Waals surface area contributed by atoms with Gasteiger partial charge in [-0.1, -0.05) is 0 Å². The molecule has 1 aromatic heterocycles. The van der Waals surface area contributed by atoms with Crippen LogP contribution in [0.15, 0.2) is 22.8 Å². The zero-order valence-corrected chi connectivity index (χ0v) is 10.4. The first-order chi connectivity index (χ1) is 7.97. The normalized spacial score (nSPS) is 10.6. The van der Waals surface area contributed by atoms with Gasteiger partial charge in [-0.3, -0.25) is 4.68 Å². The summed E-state index contributed by atoms with van der Waals surface area (Å²) in [6, 6.07) is 2.07. The first kappa shape index (κ1) is 11.8. The van der Waals surface area contributed by atoms with Gasteiger partial charge in [0.2, 0.25) is 0 Å². The van der Waals surface area contributed by atoms with Crippen molar-refractivity contribution in [2.24, 2.45) is 7.05 Å². The quantitative estimate of drug-likeness (QED) is 0.839. The van der Waals surface area contributed by atoms with Crippen LogP contribution in [-0.2, 0) is 7.05 Å². The monoisotopic (exact) mass is 302 g/mol. The van der Waals surface area contributed by atoms with Crippen LogP contribution >= 0.6 is 15.9 Å². The number of nitrogen functional groups attached to an aromatic ring is 1. The third-order valence-electron chi connectivity index (χ3n) is 2.12. The molecule has 0 saturated carbocycles. The van der Waals surface area contributed by atoms with Gasteiger partial charge in [0.25, 0.3) is 0 Å². The second kappa shape index (κ2) is 4.33. The van der Waals surface area contributed by atoms with E-state index in [4.69, 9.17) is 5.73 Å². The average molecular weight is 303 g/mol. The Morgan fingerprint density at radius 3 is 2.65 bits per heavy atom. The van der Waals surface area contributed by atoms with Gasteiger partial charge in [-0.05, 0) is 22.0 Å².